The third-order valence-corrected chi connectivity index (χ3v) is 3.26. The molecule has 0 radical (unpaired) electrons. The Balaban J connectivity index is 2.61. The molecule has 0 atom stereocenters. The van der Waals surface area contributed by atoms with Crippen molar-refractivity contribution in [3.8, 4) is 0 Å². The minimum absolute atomic E-state index is 0.173. The maximum atomic E-state index is 11.2. The Labute approximate surface area is 107 Å². The molecule has 3 aromatic rings. The van der Waals surface area contributed by atoms with E-state index in [0.717, 1.165) is 5.39 Å². The second kappa shape index (κ2) is 3.92. The number of hydrogen-bond acceptors (Lipinski definition) is 3. The fraction of sp³-hybridized carbons (Fsp3) is 0. The number of hydrogen-bond donors (Lipinski definition) is 1. The van der Waals surface area contributed by atoms with Gasteiger partial charge in [0.2, 0.25) is 0 Å². The molecule has 1 heterocycles. The predicted octanol–water partition coefficient (Wildman–Crippen LogP) is 4.01. The van der Waals surface area contributed by atoms with E-state index in [1.54, 1.807) is 12.1 Å². The van der Waals surface area contributed by atoms with Crippen molar-refractivity contribution in [2.75, 3.05) is 0 Å². The van der Waals surface area contributed by atoms with Gasteiger partial charge in [-0.3, -0.25) is 0 Å². The van der Waals surface area contributed by atoms with Crippen LogP contribution in [-0.4, -0.2) is 11.1 Å². The van der Waals surface area contributed by atoms with Crippen LogP contribution >= 0.6 is 12.2 Å². The fourth-order valence-corrected chi connectivity index (χ4v) is 2.40. The zero-order chi connectivity index (χ0) is 12.7. The molecule has 0 amide bonds. The first-order chi connectivity index (χ1) is 8.68. The topological polar surface area (TPSA) is 50.4 Å². The maximum Gasteiger partial charge on any atom is 0.336 e. The number of aromatic carboxylic acids is 1. The van der Waals surface area contributed by atoms with Crippen molar-refractivity contribution in [3.63, 3.8) is 0 Å². The average molecular weight is 256 g/mol. The zero-order valence-electron chi connectivity index (χ0n) is 9.21. The molecule has 18 heavy (non-hydrogen) atoms. The van der Waals surface area contributed by atoms with Gasteiger partial charge in [0.15, 0.2) is 0 Å². The van der Waals surface area contributed by atoms with Crippen LogP contribution in [0.1, 0.15) is 10.4 Å². The number of carbonyl (C=O) groups is 1. The maximum absolute atomic E-state index is 11.2. The molecule has 3 nitrogen and oxygen atoms in total. The van der Waals surface area contributed by atoms with Crippen LogP contribution in [0, 0.1) is 4.51 Å². The minimum Gasteiger partial charge on any atom is -0.478 e. The lowest BCUT2D eigenvalue weighted by molar-refractivity contribution is 0.0699. The van der Waals surface area contributed by atoms with Crippen molar-refractivity contribution in [1.29, 1.82) is 0 Å². The smallest absolute Gasteiger partial charge is 0.336 e. The minimum atomic E-state index is -1.00. The molecule has 0 unspecified atom stereocenters. The summed E-state index contributed by atoms with van der Waals surface area (Å²) in [5.74, 6) is -1.00. The molecule has 1 N–H and O–H groups in total. The SMILES string of the molecule is O=C(O)c1cccc2oc3ccccc3c(=S)c12. The number of carboxylic acid groups (broad SMARTS) is 1. The molecular formula is C14H8O3S. The third kappa shape index (κ3) is 1.50. The lowest BCUT2D eigenvalue weighted by atomic mass is 10.1. The van der Waals surface area contributed by atoms with E-state index < -0.39 is 5.97 Å². The summed E-state index contributed by atoms with van der Waals surface area (Å²) in [6.45, 7) is 0. The molecule has 0 aliphatic heterocycles. The molecule has 0 spiro atoms. The molecule has 4 heteroatoms. The van der Waals surface area contributed by atoms with E-state index in [9.17, 15) is 9.90 Å². The lowest BCUT2D eigenvalue weighted by Gasteiger charge is -2.04. The van der Waals surface area contributed by atoms with Crippen LogP contribution < -0.4 is 0 Å². The first-order valence-electron chi connectivity index (χ1n) is 5.36. The van der Waals surface area contributed by atoms with E-state index in [2.05, 4.69) is 0 Å². The Morgan fingerprint density at radius 2 is 1.78 bits per heavy atom. The molecule has 0 saturated carbocycles. The first kappa shape index (κ1) is 10.9. The number of para-hydroxylation sites is 1. The zero-order valence-corrected chi connectivity index (χ0v) is 10.0. The van der Waals surface area contributed by atoms with E-state index in [4.69, 9.17) is 16.6 Å². The van der Waals surface area contributed by atoms with Crippen LogP contribution in [0.3, 0.4) is 0 Å². The number of fused-ring (bicyclic) bond motifs is 2. The van der Waals surface area contributed by atoms with Crippen LogP contribution in [0.25, 0.3) is 21.9 Å². The van der Waals surface area contributed by atoms with Crippen LogP contribution in [0.2, 0.25) is 0 Å². The predicted molar refractivity (Wildman–Crippen MR) is 71.5 cm³/mol. The fourth-order valence-electron chi connectivity index (χ4n) is 2.02. The van der Waals surface area contributed by atoms with E-state index in [1.807, 2.05) is 24.3 Å². The molecule has 0 aliphatic rings. The standard InChI is InChI=1S/C14H8O3S/c15-14(16)9-5-3-7-11-12(9)13(18)8-4-1-2-6-10(8)17-11/h1-7H,(H,15,16). The summed E-state index contributed by atoms with van der Waals surface area (Å²) >= 11 is 5.38. The van der Waals surface area contributed by atoms with Gasteiger partial charge in [-0.25, -0.2) is 4.79 Å². The summed E-state index contributed by atoms with van der Waals surface area (Å²) in [4.78, 5) is 11.2. The van der Waals surface area contributed by atoms with Gasteiger partial charge in [-0.15, -0.1) is 0 Å². The Kier molecular flexibility index (Phi) is 2.38. The molecular weight excluding hydrogens is 248 g/mol. The molecule has 0 saturated heterocycles. The molecule has 0 bridgehead atoms. The number of rotatable bonds is 1. The molecule has 0 fully saturated rings. The van der Waals surface area contributed by atoms with Crippen LogP contribution in [0.15, 0.2) is 46.9 Å². The highest BCUT2D eigenvalue weighted by Crippen LogP contribution is 2.27. The summed E-state index contributed by atoms with van der Waals surface area (Å²) in [6.07, 6.45) is 0. The van der Waals surface area contributed by atoms with Gasteiger partial charge in [0.05, 0.1) is 15.5 Å². The van der Waals surface area contributed by atoms with E-state index >= 15 is 0 Å². The second-order valence-corrected chi connectivity index (χ2v) is 4.32. The van der Waals surface area contributed by atoms with E-state index in [0.29, 0.717) is 21.1 Å². The van der Waals surface area contributed by atoms with Gasteiger partial charge < -0.3 is 9.52 Å². The summed E-state index contributed by atoms with van der Waals surface area (Å²) in [7, 11) is 0. The van der Waals surface area contributed by atoms with Crippen molar-refractivity contribution in [2.24, 2.45) is 0 Å². The summed E-state index contributed by atoms with van der Waals surface area (Å²) in [5, 5.41) is 10.4. The lowest BCUT2D eigenvalue weighted by Crippen LogP contribution is -1.97. The van der Waals surface area contributed by atoms with E-state index in [1.165, 1.54) is 6.07 Å². The Bertz CT molecular complexity index is 833. The van der Waals surface area contributed by atoms with Gasteiger partial charge >= 0.3 is 5.97 Å². The second-order valence-electron chi connectivity index (χ2n) is 3.91. The van der Waals surface area contributed by atoms with Crippen LogP contribution in [0.4, 0.5) is 0 Å². The number of benzene rings is 2. The average Bonchev–Trinajstić information content (AvgIpc) is 2.38. The number of carboxylic acids is 1. The van der Waals surface area contributed by atoms with Crippen molar-refractivity contribution in [1.82, 2.24) is 0 Å². The molecule has 1 aromatic heterocycles. The highest BCUT2D eigenvalue weighted by molar-refractivity contribution is 7.72. The summed E-state index contributed by atoms with van der Waals surface area (Å²) in [5.41, 5.74) is 1.34. The van der Waals surface area contributed by atoms with Gasteiger partial charge in [-0.05, 0) is 24.3 Å². The van der Waals surface area contributed by atoms with Crippen LogP contribution in [-0.2, 0) is 0 Å². The Morgan fingerprint density at radius 3 is 2.56 bits per heavy atom. The monoisotopic (exact) mass is 256 g/mol. The molecule has 2 aromatic carbocycles. The third-order valence-electron chi connectivity index (χ3n) is 2.84. The van der Waals surface area contributed by atoms with Gasteiger partial charge in [-0.1, -0.05) is 30.4 Å². The van der Waals surface area contributed by atoms with Crippen LogP contribution in [0.5, 0.6) is 0 Å². The van der Waals surface area contributed by atoms with Gasteiger partial charge in [0.1, 0.15) is 11.2 Å². The highest BCUT2D eigenvalue weighted by Gasteiger charge is 2.12. The first-order valence-corrected chi connectivity index (χ1v) is 5.77. The molecule has 3 rings (SSSR count). The summed E-state index contributed by atoms with van der Waals surface area (Å²) in [6, 6.07) is 12.3. The van der Waals surface area contributed by atoms with Crippen molar-refractivity contribution < 1.29 is 14.3 Å². The Hall–Kier alpha value is -2.20. The molecule has 0 aliphatic carbocycles. The highest BCUT2D eigenvalue weighted by atomic mass is 32.1. The van der Waals surface area contributed by atoms with Crippen molar-refractivity contribution in [2.45, 2.75) is 0 Å². The normalized spacial score (nSPS) is 10.9. The van der Waals surface area contributed by atoms with Gasteiger partial charge in [0.25, 0.3) is 0 Å². The van der Waals surface area contributed by atoms with Crippen molar-refractivity contribution in [3.05, 3.63) is 52.5 Å². The summed E-state index contributed by atoms with van der Waals surface area (Å²) < 4.78 is 6.21. The largest absolute Gasteiger partial charge is 0.478 e. The quantitative estimate of drug-likeness (QED) is 0.528. The molecule has 88 valence electrons. The van der Waals surface area contributed by atoms with Crippen molar-refractivity contribution >= 4 is 40.1 Å². The van der Waals surface area contributed by atoms with Gasteiger partial charge in [0, 0.05) is 5.39 Å². The Morgan fingerprint density at radius 1 is 1.06 bits per heavy atom. The van der Waals surface area contributed by atoms with E-state index in [-0.39, 0.29) is 5.56 Å². The van der Waals surface area contributed by atoms with Gasteiger partial charge in [-0.2, -0.15) is 0 Å².